The minimum atomic E-state index is 0.0139. The number of hydrogen-bond donors (Lipinski definition) is 2. The van der Waals surface area contributed by atoms with Gasteiger partial charge in [0, 0.05) is 7.05 Å². The molecule has 0 bridgehead atoms. The number of aryl methyl sites for hydroxylation is 1. The van der Waals surface area contributed by atoms with Crippen LogP contribution in [0.2, 0.25) is 0 Å². The molecule has 1 unspecified atom stereocenters. The van der Waals surface area contributed by atoms with E-state index in [9.17, 15) is 0 Å². The first kappa shape index (κ1) is 10.1. The molecule has 0 saturated heterocycles. The predicted molar refractivity (Wildman–Crippen MR) is 50.5 cm³/mol. The summed E-state index contributed by atoms with van der Waals surface area (Å²) in [7, 11) is 1.91. The zero-order valence-electron chi connectivity index (χ0n) is 8.57. The average molecular weight is 183 g/mol. The topological polar surface area (TPSA) is 68.8 Å². The van der Waals surface area contributed by atoms with E-state index in [4.69, 9.17) is 5.84 Å². The van der Waals surface area contributed by atoms with E-state index in [1.54, 1.807) is 6.33 Å². The van der Waals surface area contributed by atoms with Crippen LogP contribution in [-0.2, 0) is 7.05 Å². The molecule has 0 aliphatic rings. The molecule has 0 fully saturated rings. The number of nitrogens with two attached hydrogens (primary N) is 1. The molecule has 0 saturated carbocycles. The lowest BCUT2D eigenvalue weighted by molar-refractivity contribution is 0.259. The summed E-state index contributed by atoms with van der Waals surface area (Å²) >= 11 is 0. The Kier molecular flexibility index (Phi) is 2.68. The summed E-state index contributed by atoms with van der Waals surface area (Å²) in [6.07, 6.45) is 1.67. The third kappa shape index (κ3) is 2.05. The molecule has 0 amide bonds. The number of hydrazine groups is 1. The SMILES string of the molecule is Cn1cnnc1C(NN)C(C)(C)C. The lowest BCUT2D eigenvalue weighted by atomic mass is 9.86. The van der Waals surface area contributed by atoms with Gasteiger partial charge in [-0.2, -0.15) is 0 Å². The second kappa shape index (κ2) is 3.43. The van der Waals surface area contributed by atoms with E-state index >= 15 is 0 Å². The van der Waals surface area contributed by atoms with E-state index in [2.05, 4.69) is 36.4 Å². The molecule has 0 aliphatic carbocycles. The molecular formula is C8H17N5. The van der Waals surface area contributed by atoms with Gasteiger partial charge in [0.2, 0.25) is 0 Å². The molecule has 1 rings (SSSR count). The standard InChI is InChI=1S/C8H17N5/c1-8(2,3)6(11-9)7-12-10-5-13(7)4/h5-6,11H,9H2,1-4H3. The third-order valence-electron chi connectivity index (χ3n) is 2.04. The van der Waals surface area contributed by atoms with E-state index in [1.807, 2.05) is 11.6 Å². The van der Waals surface area contributed by atoms with Crippen molar-refractivity contribution in [2.75, 3.05) is 0 Å². The van der Waals surface area contributed by atoms with Crippen molar-refractivity contribution in [3.63, 3.8) is 0 Å². The minimum Gasteiger partial charge on any atom is -0.319 e. The van der Waals surface area contributed by atoms with Crippen LogP contribution in [0.25, 0.3) is 0 Å². The summed E-state index contributed by atoms with van der Waals surface area (Å²) in [5, 5.41) is 7.85. The zero-order chi connectivity index (χ0) is 10.1. The molecule has 0 radical (unpaired) electrons. The summed E-state index contributed by atoms with van der Waals surface area (Å²) in [5.41, 5.74) is 2.79. The van der Waals surface area contributed by atoms with Crippen molar-refractivity contribution in [3.05, 3.63) is 12.2 Å². The number of nitrogens with zero attached hydrogens (tertiary/aromatic N) is 3. The van der Waals surface area contributed by atoms with Crippen LogP contribution < -0.4 is 11.3 Å². The van der Waals surface area contributed by atoms with Crippen molar-refractivity contribution in [1.29, 1.82) is 0 Å². The third-order valence-corrected chi connectivity index (χ3v) is 2.04. The van der Waals surface area contributed by atoms with Gasteiger partial charge in [0.1, 0.15) is 6.33 Å². The maximum Gasteiger partial charge on any atom is 0.151 e. The van der Waals surface area contributed by atoms with Gasteiger partial charge in [-0.25, -0.2) is 5.43 Å². The smallest absolute Gasteiger partial charge is 0.151 e. The van der Waals surface area contributed by atoms with Gasteiger partial charge >= 0.3 is 0 Å². The van der Waals surface area contributed by atoms with Crippen LogP contribution in [0.4, 0.5) is 0 Å². The van der Waals surface area contributed by atoms with Crippen molar-refractivity contribution >= 4 is 0 Å². The van der Waals surface area contributed by atoms with Gasteiger partial charge in [0.15, 0.2) is 5.82 Å². The fourth-order valence-electron chi connectivity index (χ4n) is 1.27. The second-order valence-corrected chi connectivity index (χ2v) is 4.27. The molecule has 3 N–H and O–H groups in total. The highest BCUT2D eigenvalue weighted by Gasteiger charge is 2.28. The molecule has 74 valence electrons. The van der Waals surface area contributed by atoms with Crippen molar-refractivity contribution in [2.24, 2.45) is 18.3 Å². The number of hydrogen-bond acceptors (Lipinski definition) is 4. The first-order chi connectivity index (χ1) is 5.96. The Hall–Kier alpha value is -0.940. The lowest BCUT2D eigenvalue weighted by Gasteiger charge is -2.28. The zero-order valence-corrected chi connectivity index (χ0v) is 8.57. The maximum absolute atomic E-state index is 5.49. The highest BCUT2D eigenvalue weighted by molar-refractivity contribution is 4.98. The molecule has 1 atom stereocenters. The van der Waals surface area contributed by atoms with E-state index in [1.165, 1.54) is 0 Å². The second-order valence-electron chi connectivity index (χ2n) is 4.27. The average Bonchev–Trinajstić information content (AvgIpc) is 2.35. The van der Waals surface area contributed by atoms with E-state index in [-0.39, 0.29) is 11.5 Å². The Morgan fingerprint density at radius 2 is 2.15 bits per heavy atom. The summed E-state index contributed by atoms with van der Waals surface area (Å²) in [6.45, 7) is 6.31. The van der Waals surface area contributed by atoms with E-state index in [0.29, 0.717) is 0 Å². The molecule has 0 aliphatic heterocycles. The Bertz CT molecular complexity index is 272. The van der Waals surface area contributed by atoms with Gasteiger partial charge in [-0.05, 0) is 5.41 Å². The largest absolute Gasteiger partial charge is 0.319 e. The quantitative estimate of drug-likeness (QED) is 0.513. The predicted octanol–water partition coefficient (Wildman–Crippen LogP) is 0.366. The van der Waals surface area contributed by atoms with Crippen LogP contribution >= 0.6 is 0 Å². The summed E-state index contributed by atoms with van der Waals surface area (Å²) < 4.78 is 1.87. The molecule has 1 heterocycles. The number of nitrogens with one attached hydrogen (secondary N) is 1. The van der Waals surface area contributed by atoms with Gasteiger partial charge in [0.05, 0.1) is 6.04 Å². The molecule has 1 aromatic heterocycles. The van der Waals surface area contributed by atoms with Gasteiger partial charge in [0.25, 0.3) is 0 Å². The van der Waals surface area contributed by atoms with E-state index < -0.39 is 0 Å². The number of rotatable bonds is 2. The van der Waals surface area contributed by atoms with Crippen LogP contribution in [0.15, 0.2) is 6.33 Å². The minimum absolute atomic E-state index is 0.0139. The van der Waals surface area contributed by atoms with Crippen LogP contribution in [-0.4, -0.2) is 14.8 Å². The summed E-state index contributed by atoms with van der Waals surface area (Å²) in [4.78, 5) is 0. The monoisotopic (exact) mass is 183 g/mol. The first-order valence-corrected chi connectivity index (χ1v) is 4.27. The molecule has 5 heteroatoms. The fourth-order valence-corrected chi connectivity index (χ4v) is 1.27. The molecule has 13 heavy (non-hydrogen) atoms. The molecule has 1 aromatic rings. The van der Waals surface area contributed by atoms with Crippen molar-refractivity contribution in [3.8, 4) is 0 Å². The molecule has 0 spiro atoms. The summed E-state index contributed by atoms with van der Waals surface area (Å²) in [6, 6.07) is 0.0139. The normalized spacial score (nSPS) is 14.5. The van der Waals surface area contributed by atoms with Crippen LogP contribution in [0, 0.1) is 5.41 Å². The van der Waals surface area contributed by atoms with Crippen molar-refractivity contribution < 1.29 is 0 Å². The van der Waals surface area contributed by atoms with Crippen LogP contribution in [0.5, 0.6) is 0 Å². The first-order valence-electron chi connectivity index (χ1n) is 4.27. The molecule has 0 aromatic carbocycles. The van der Waals surface area contributed by atoms with Crippen molar-refractivity contribution in [2.45, 2.75) is 26.8 Å². The highest BCUT2D eigenvalue weighted by atomic mass is 15.3. The molecular weight excluding hydrogens is 166 g/mol. The summed E-state index contributed by atoms with van der Waals surface area (Å²) in [5.74, 6) is 6.34. The van der Waals surface area contributed by atoms with Gasteiger partial charge in [-0.3, -0.25) is 5.84 Å². The fraction of sp³-hybridized carbons (Fsp3) is 0.750. The Balaban J connectivity index is 2.98. The van der Waals surface area contributed by atoms with Gasteiger partial charge in [-0.15, -0.1) is 10.2 Å². The van der Waals surface area contributed by atoms with Gasteiger partial charge < -0.3 is 4.57 Å². The number of aromatic nitrogens is 3. The lowest BCUT2D eigenvalue weighted by Crippen LogP contribution is -2.38. The van der Waals surface area contributed by atoms with Gasteiger partial charge in [-0.1, -0.05) is 20.8 Å². The van der Waals surface area contributed by atoms with Crippen LogP contribution in [0.1, 0.15) is 32.6 Å². The maximum atomic E-state index is 5.49. The van der Waals surface area contributed by atoms with Crippen molar-refractivity contribution in [1.82, 2.24) is 20.2 Å². The Morgan fingerprint density at radius 3 is 2.46 bits per heavy atom. The Labute approximate surface area is 78.3 Å². The highest BCUT2D eigenvalue weighted by Crippen LogP contribution is 2.30. The van der Waals surface area contributed by atoms with Crippen LogP contribution in [0.3, 0.4) is 0 Å². The Morgan fingerprint density at radius 1 is 1.54 bits per heavy atom. The molecule has 5 nitrogen and oxygen atoms in total. The van der Waals surface area contributed by atoms with E-state index in [0.717, 1.165) is 5.82 Å².